The largest absolute Gasteiger partial charge is 0.487 e. The SMILES string of the molecule is CSCC1CCN(c2ncnc3c2Cc2ccccc2OC3)CC1. The third kappa shape index (κ3) is 3.09. The van der Waals surface area contributed by atoms with Crippen molar-refractivity contribution in [3.63, 3.8) is 0 Å². The summed E-state index contributed by atoms with van der Waals surface area (Å²) >= 11 is 1.96. The first-order chi connectivity index (χ1) is 11.8. The molecule has 2 aliphatic rings. The number of hydrogen-bond donors (Lipinski definition) is 0. The Hall–Kier alpha value is -1.75. The molecule has 0 spiro atoms. The highest BCUT2D eigenvalue weighted by Gasteiger charge is 2.25. The van der Waals surface area contributed by atoms with Crippen LogP contribution in [0.3, 0.4) is 0 Å². The lowest BCUT2D eigenvalue weighted by Crippen LogP contribution is -2.35. The summed E-state index contributed by atoms with van der Waals surface area (Å²) in [6, 6.07) is 8.29. The van der Waals surface area contributed by atoms with Gasteiger partial charge in [0.05, 0.1) is 5.69 Å². The van der Waals surface area contributed by atoms with E-state index in [2.05, 4.69) is 33.3 Å². The highest BCUT2D eigenvalue weighted by molar-refractivity contribution is 7.98. The van der Waals surface area contributed by atoms with Crippen LogP contribution in [0, 0.1) is 5.92 Å². The Kier molecular flexibility index (Phi) is 4.60. The molecule has 1 saturated heterocycles. The van der Waals surface area contributed by atoms with Crippen molar-refractivity contribution < 1.29 is 4.74 Å². The molecule has 0 unspecified atom stereocenters. The zero-order valence-corrected chi connectivity index (χ0v) is 14.9. The van der Waals surface area contributed by atoms with Crippen molar-refractivity contribution in [1.82, 2.24) is 9.97 Å². The quantitative estimate of drug-likeness (QED) is 0.854. The van der Waals surface area contributed by atoms with E-state index >= 15 is 0 Å². The van der Waals surface area contributed by atoms with E-state index in [4.69, 9.17) is 4.74 Å². The average molecular weight is 341 g/mol. The Labute approximate surface area is 147 Å². The summed E-state index contributed by atoms with van der Waals surface area (Å²) in [7, 11) is 0. The summed E-state index contributed by atoms with van der Waals surface area (Å²) in [6.45, 7) is 2.72. The van der Waals surface area contributed by atoms with Crippen LogP contribution in [-0.2, 0) is 13.0 Å². The molecule has 0 N–H and O–H groups in total. The van der Waals surface area contributed by atoms with Gasteiger partial charge in [0.15, 0.2) is 0 Å². The Morgan fingerprint density at radius 1 is 1.21 bits per heavy atom. The molecule has 5 heteroatoms. The molecule has 0 saturated carbocycles. The van der Waals surface area contributed by atoms with Gasteiger partial charge in [0.2, 0.25) is 0 Å². The minimum Gasteiger partial charge on any atom is -0.487 e. The standard InChI is InChI=1S/C19H23N3OS/c1-24-12-14-6-8-22(9-7-14)19-16-10-15-4-2-3-5-18(15)23-11-17(16)20-13-21-19/h2-5,13-14H,6-12H2,1H3. The van der Waals surface area contributed by atoms with Crippen molar-refractivity contribution >= 4 is 17.6 Å². The molecule has 0 bridgehead atoms. The van der Waals surface area contributed by atoms with Gasteiger partial charge in [0, 0.05) is 25.1 Å². The van der Waals surface area contributed by atoms with Gasteiger partial charge in [0.25, 0.3) is 0 Å². The van der Waals surface area contributed by atoms with Gasteiger partial charge in [-0.3, -0.25) is 0 Å². The van der Waals surface area contributed by atoms with Crippen LogP contribution in [0.2, 0.25) is 0 Å². The fourth-order valence-electron chi connectivity index (χ4n) is 3.69. The first-order valence-electron chi connectivity index (χ1n) is 8.62. The zero-order valence-electron chi connectivity index (χ0n) is 14.1. The number of nitrogens with zero attached hydrogens (tertiary/aromatic N) is 3. The van der Waals surface area contributed by atoms with E-state index in [0.29, 0.717) is 6.61 Å². The normalized spacial score (nSPS) is 17.6. The number of rotatable bonds is 3. The summed E-state index contributed by atoms with van der Waals surface area (Å²) in [5.74, 6) is 4.21. The lowest BCUT2D eigenvalue weighted by atomic mass is 9.97. The van der Waals surface area contributed by atoms with Crippen molar-refractivity contribution in [3.05, 3.63) is 47.4 Å². The van der Waals surface area contributed by atoms with E-state index < -0.39 is 0 Å². The van der Waals surface area contributed by atoms with Gasteiger partial charge >= 0.3 is 0 Å². The maximum atomic E-state index is 5.95. The lowest BCUT2D eigenvalue weighted by Gasteiger charge is -2.33. The Morgan fingerprint density at radius 3 is 2.88 bits per heavy atom. The fraction of sp³-hybridized carbons (Fsp3) is 0.474. The number of aromatic nitrogens is 2. The minimum atomic E-state index is 0.533. The third-order valence-electron chi connectivity index (χ3n) is 5.03. The molecule has 0 radical (unpaired) electrons. The first-order valence-corrected chi connectivity index (χ1v) is 10.0. The number of ether oxygens (including phenoxy) is 1. The van der Waals surface area contributed by atoms with Gasteiger partial charge in [-0.05, 0) is 42.4 Å². The number of thioether (sulfide) groups is 1. The van der Waals surface area contributed by atoms with E-state index in [0.717, 1.165) is 42.7 Å². The van der Waals surface area contributed by atoms with Gasteiger partial charge in [-0.15, -0.1) is 0 Å². The predicted molar refractivity (Wildman–Crippen MR) is 98.9 cm³/mol. The van der Waals surface area contributed by atoms with Crippen LogP contribution < -0.4 is 9.64 Å². The number of para-hydroxylation sites is 1. The van der Waals surface area contributed by atoms with Gasteiger partial charge in [-0.25, -0.2) is 9.97 Å². The van der Waals surface area contributed by atoms with Crippen molar-refractivity contribution in [2.45, 2.75) is 25.9 Å². The average Bonchev–Trinajstić information content (AvgIpc) is 2.82. The summed E-state index contributed by atoms with van der Waals surface area (Å²) in [5, 5.41) is 0. The molecule has 4 nitrogen and oxygen atoms in total. The predicted octanol–water partition coefficient (Wildman–Crippen LogP) is 3.54. The molecule has 1 aromatic carbocycles. The topological polar surface area (TPSA) is 38.2 Å². The molecule has 4 rings (SSSR count). The monoisotopic (exact) mass is 341 g/mol. The van der Waals surface area contributed by atoms with E-state index in [9.17, 15) is 0 Å². The maximum Gasteiger partial charge on any atom is 0.135 e. The zero-order chi connectivity index (χ0) is 16.4. The van der Waals surface area contributed by atoms with Crippen LogP contribution >= 0.6 is 11.8 Å². The van der Waals surface area contributed by atoms with Gasteiger partial charge < -0.3 is 9.64 Å². The van der Waals surface area contributed by atoms with Crippen LogP contribution in [0.25, 0.3) is 0 Å². The molecular formula is C19H23N3OS. The molecule has 3 heterocycles. The smallest absolute Gasteiger partial charge is 0.135 e. The van der Waals surface area contributed by atoms with E-state index in [1.807, 2.05) is 23.9 Å². The number of hydrogen-bond acceptors (Lipinski definition) is 5. The Balaban J connectivity index is 1.61. The number of anilines is 1. The summed E-state index contributed by atoms with van der Waals surface area (Å²) in [6.07, 6.45) is 7.27. The van der Waals surface area contributed by atoms with Crippen molar-refractivity contribution in [1.29, 1.82) is 0 Å². The second kappa shape index (κ2) is 7.01. The molecular weight excluding hydrogens is 318 g/mol. The third-order valence-corrected chi connectivity index (χ3v) is 5.84. The van der Waals surface area contributed by atoms with Crippen LogP contribution in [0.4, 0.5) is 5.82 Å². The number of piperidine rings is 1. The van der Waals surface area contributed by atoms with E-state index in [-0.39, 0.29) is 0 Å². The van der Waals surface area contributed by atoms with Gasteiger partial charge in [-0.1, -0.05) is 18.2 Å². The molecule has 126 valence electrons. The molecule has 1 fully saturated rings. The summed E-state index contributed by atoms with van der Waals surface area (Å²) in [5.41, 5.74) is 3.50. The van der Waals surface area contributed by atoms with E-state index in [1.165, 1.54) is 29.7 Å². The maximum absolute atomic E-state index is 5.95. The summed E-state index contributed by atoms with van der Waals surface area (Å²) < 4.78 is 5.95. The van der Waals surface area contributed by atoms with Gasteiger partial charge in [0.1, 0.15) is 24.5 Å². The molecule has 2 aliphatic heterocycles. The molecule has 0 atom stereocenters. The van der Waals surface area contributed by atoms with Crippen LogP contribution in [0.15, 0.2) is 30.6 Å². The molecule has 24 heavy (non-hydrogen) atoms. The van der Waals surface area contributed by atoms with Crippen molar-refractivity contribution in [2.75, 3.05) is 30.0 Å². The molecule has 0 aliphatic carbocycles. The van der Waals surface area contributed by atoms with Crippen LogP contribution in [-0.4, -0.2) is 35.1 Å². The summed E-state index contributed by atoms with van der Waals surface area (Å²) in [4.78, 5) is 11.6. The van der Waals surface area contributed by atoms with Crippen molar-refractivity contribution in [2.24, 2.45) is 5.92 Å². The fourth-order valence-corrected chi connectivity index (χ4v) is 4.50. The second-order valence-corrected chi connectivity index (χ2v) is 7.49. The lowest BCUT2D eigenvalue weighted by molar-refractivity contribution is 0.302. The first kappa shape index (κ1) is 15.8. The number of benzene rings is 1. The second-order valence-electron chi connectivity index (χ2n) is 6.58. The van der Waals surface area contributed by atoms with Gasteiger partial charge in [-0.2, -0.15) is 11.8 Å². The highest BCUT2D eigenvalue weighted by atomic mass is 32.2. The Morgan fingerprint density at radius 2 is 2.04 bits per heavy atom. The molecule has 0 amide bonds. The van der Waals surface area contributed by atoms with E-state index in [1.54, 1.807) is 6.33 Å². The van der Waals surface area contributed by atoms with Crippen LogP contribution in [0.1, 0.15) is 29.7 Å². The van der Waals surface area contributed by atoms with Crippen molar-refractivity contribution in [3.8, 4) is 5.75 Å². The molecule has 2 aromatic rings. The Bertz CT molecular complexity index is 714. The molecule has 1 aromatic heterocycles. The number of fused-ring (bicyclic) bond motifs is 2. The minimum absolute atomic E-state index is 0.533. The van der Waals surface area contributed by atoms with Crippen LogP contribution in [0.5, 0.6) is 5.75 Å². The highest BCUT2D eigenvalue weighted by Crippen LogP contribution is 2.33.